The van der Waals surface area contributed by atoms with Crippen molar-refractivity contribution < 1.29 is 9.57 Å². The first-order valence-electron chi connectivity index (χ1n) is 4.57. The van der Waals surface area contributed by atoms with E-state index in [0.29, 0.717) is 24.5 Å². The molecule has 2 rings (SSSR count). The number of hydrogen-bond acceptors (Lipinski definition) is 3. The fourth-order valence-corrected chi connectivity index (χ4v) is 1.73. The van der Waals surface area contributed by atoms with Gasteiger partial charge in [0.25, 0.3) is 0 Å². The first kappa shape index (κ1) is 8.05. The average Bonchev–Trinajstić information content (AvgIpc) is 2.49. The number of ether oxygens (including phenoxy) is 1. The van der Waals surface area contributed by atoms with Gasteiger partial charge in [-0.3, -0.25) is 0 Å². The molecule has 0 bridgehead atoms. The lowest BCUT2D eigenvalue weighted by Crippen LogP contribution is -2.36. The average molecular weight is 169 g/mol. The summed E-state index contributed by atoms with van der Waals surface area (Å²) in [6.45, 7) is 5.83. The normalized spacial score (nSPS) is 34.4. The third kappa shape index (κ3) is 1.33. The van der Waals surface area contributed by atoms with E-state index in [2.05, 4.69) is 19.0 Å². The second kappa shape index (κ2) is 3.05. The molecule has 3 heteroatoms. The van der Waals surface area contributed by atoms with Crippen LogP contribution < -0.4 is 0 Å². The van der Waals surface area contributed by atoms with E-state index < -0.39 is 0 Å². The van der Waals surface area contributed by atoms with Crippen molar-refractivity contribution in [2.45, 2.75) is 26.4 Å². The number of rotatable bonds is 1. The molecule has 2 aliphatic rings. The van der Waals surface area contributed by atoms with E-state index >= 15 is 0 Å². The second-order valence-corrected chi connectivity index (χ2v) is 3.90. The van der Waals surface area contributed by atoms with Crippen LogP contribution in [-0.2, 0) is 9.57 Å². The summed E-state index contributed by atoms with van der Waals surface area (Å²) in [6, 6.07) is 0. The molecular formula is C9H15NO2. The van der Waals surface area contributed by atoms with Crippen molar-refractivity contribution in [1.82, 2.24) is 0 Å². The first-order valence-corrected chi connectivity index (χ1v) is 4.57. The Labute approximate surface area is 72.7 Å². The summed E-state index contributed by atoms with van der Waals surface area (Å²) < 4.78 is 5.64. The summed E-state index contributed by atoms with van der Waals surface area (Å²) in [5, 5.41) is 3.94. The Balaban J connectivity index is 1.98. The molecule has 12 heavy (non-hydrogen) atoms. The van der Waals surface area contributed by atoms with Crippen molar-refractivity contribution in [3.05, 3.63) is 0 Å². The van der Waals surface area contributed by atoms with Crippen molar-refractivity contribution in [3.8, 4) is 0 Å². The molecule has 0 radical (unpaired) electrons. The van der Waals surface area contributed by atoms with Crippen LogP contribution in [0.2, 0.25) is 0 Å². The van der Waals surface area contributed by atoms with Gasteiger partial charge in [0.05, 0.1) is 18.4 Å². The molecule has 0 spiro atoms. The minimum Gasteiger partial charge on any atom is -0.395 e. The predicted molar refractivity (Wildman–Crippen MR) is 46.1 cm³/mol. The Morgan fingerprint density at radius 3 is 3.08 bits per heavy atom. The van der Waals surface area contributed by atoms with Gasteiger partial charge in [0.15, 0.2) is 0 Å². The highest BCUT2D eigenvalue weighted by Gasteiger charge is 2.33. The van der Waals surface area contributed by atoms with E-state index in [1.807, 2.05) is 0 Å². The fraction of sp³-hybridized carbons (Fsp3) is 0.889. The van der Waals surface area contributed by atoms with Crippen LogP contribution in [0.4, 0.5) is 0 Å². The SMILES string of the molecule is CC(C)[C@@H]1C[C@H]2CON=C2CO1. The number of hydrogen-bond donors (Lipinski definition) is 0. The van der Waals surface area contributed by atoms with Gasteiger partial charge in [-0.15, -0.1) is 0 Å². The van der Waals surface area contributed by atoms with Crippen LogP contribution in [0.25, 0.3) is 0 Å². The molecule has 3 nitrogen and oxygen atoms in total. The Hall–Kier alpha value is -0.570. The highest BCUT2D eigenvalue weighted by atomic mass is 16.6. The summed E-state index contributed by atoms with van der Waals surface area (Å²) in [7, 11) is 0. The molecule has 68 valence electrons. The maximum absolute atomic E-state index is 5.64. The molecular weight excluding hydrogens is 154 g/mol. The molecule has 0 aromatic heterocycles. The molecule has 1 saturated heterocycles. The van der Waals surface area contributed by atoms with Crippen molar-refractivity contribution in [2.24, 2.45) is 17.0 Å². The molecule has 0 aromatic rings. The zero-order valence-corrected chi connectivity index (χ0v) is 7.62. The van der Waals surface area contributed by atoms with Crippen LogP contribution in [0.1, 0.15) is 20.3 Å². The third-order valence-corrected chi connectivity index (χ3v) is 2.63. The Kier molecular flexibility index (Phi) is 2.05. The molecule has 0 amide bonds. The van der Waals surface area contributed by atoms with Crippen LogP contribution in [0.15, 0.2) is 5.16 Å². The van der Waals surface area contributed by atoms with Crippen LogP contribution in [0.3, 0.4) is 0 Å². The van der Waals surface area contributed by atoms with E-state index in [9.17, 15) is 0 Å². The monoisotopic (exact) mass is 169 g/mol. The summed E-state index contributed by atoms with van der Waals surface area (Å²) in [5.41, 5.74) is 1.10. The fourth-order valence-electron chi connectivity index (χ4n) is 1.73. The standard InChI is InChI=1S/C9H15NO2/c1-6(2)9-3-7-4-12-10-8(7)5-11-9/h6-7,9H,3-5H2,1-2H3/t7-,9-/m0/s1. The first-order chi connectivity index (χ1) is 5.77. The summed E-state index contributed by atoms with van der Waals surface area (Å²) >= 11 is 0. The van der Waals surface area contributed by atoms with Gasteiger partial charge in [-0.05, 0) is 12.3 Å². The van der Waals surface area contributed by atoms with Gasteiger partial charge >= 0.3 is 0 Å². The van der Waals surface area contributed by atoms with Crippen molar-refractivity contribution in [1.29, 1.82) is 0 Å². The minimum atomic E-state index is 0.399. The lowest BCUT2D eigenvalue weighted by molar-refractivity contribution is 0.0142. The topological polar surface area (TPSA) is 30.8 Å². The second-order valence-electron chi connectivity index (χ2n) is 3.90. The number of fused-ring (bicyclic) bond motifs is 1. The summed E-state index contributed by atoms with van der Waals surface area (Å²) in [4.78, 5) is 5.03. The van der Waals surface area contributed by atoms with E-state index in [4.69, 9.17) is 9.57 Å². The van der Waals surface area contributed by atoms with Gasteiger partial charge in [0, 0.05) is 5.92 Å². The Morgan fingerprint density at radius 2 is 2.33 bits per heavy atom. The third-order valence-electron chi connectivity index (χ3n) is 2.63. The zero-order chi connectivity index (χ0) is 8.55. The molecule has 0 aromatic carbocycles. The predicted octanol–water partition coefficient (Wildman–Crippen LogP) is 1.43. The van der Waals surface area contributed by atoms with Crippen LogP contribution >= 0.6 is 0 Å². The maximum atomic E-state index is 5.64. The summed E-state index contributed by atoms with van der Waals surface area (Å²) in [6.07, 6.45) is 1.48. The van der Waals surface area contributed by atoms with E-state index in [1.165, 1.54) is 0 Å². The molecule has 0 N–H and O–H groups in total. The molecule has 0 aliphatic carbocycles. The smallest absolute Gasteiger partial charge is 0.125 e. The van der Waals surface area contributed by atoms with E-state index in [0.717, 1.165) is 18.7 Å². The van der Waals surface area contributed by atoms with Crippen LogP contribution in [0.5, 0.6) is 0 Å². The van der Waals surface area contributed by atoms with Crippen molar-refractivity contribution in [2.75, 3.05) is 13.2 Å². The lowest BCUT2D eigenvalue weighted by Gasteiger charge is -2.28. The van der Waals surface area contributed by atoms with Gasteiger partial charge in [-0.25, -0.2) is 0 Å². The van der Waals surface area contributed by atoms with Crippen LogP contribution in [0, 0.1) is 11.8 Å². The molecule has 2 heterocycles. The van der Waals surface area contributed by atoms with Crippen molar-refractivity contribution in [3.63, 3.8) is 0 Å². The largest absolute Gasteiger partial charge is 0.395 e. The maximum Gasteiger partial charge on any atom is 0.125 e. The number of oxime groups is 1. The molecule has 0 unspecified atom stereocenters. The number of nitrogens with zero attached hydrogens (tertiary/aromatic N) is 1. The highest BCUT2D eigenvalue weighted by molar-refractivity contribution is 5.89. The van der Waals surface area contributed by atoms with Gasteiger partial charge < -0.3 is 9.57 Å². The van der Waals surface area contributed by atoms with Crippen molar-refractivity contribution >= 4 is 5.71 Å². The van der Waals surface area contributed by atoms with Crippen LogP contribution in [-0.4, -0.2) is 25.0 Å². The van der Waals surface area contributed by atoms with Gasteiger partial charge in [0.2, 0.25) is 0 Å². The minimum absolute atomic E-state index is 0.399. The molecule has 0 saturated carbocycles. The quantitative estimate of drug-likeness (QED) is 0.594. The van der Waals surface area contributed by atoms with Gasteiger partial charge in [-0.1, -0.05) is 19.0 Å². The Bertz CT molecular complexity index is 201. The lowest BCUT2D eigenvalue weighted by atomic mass is 9.90. The Morgan fingerprint density at radius 1 is 1.50 bits per heavy atom. The van der Waals surface area contributed by atoms with E-state index in [1.54, 1.807) is 0 Å². The molecule has 1 fully saturated rings. The highest BCUT2D eigenvalue weighted by Crippen LogP contribution is 2.26. The summed E-state index contributed by atoms with van der Waals surface area (Å²) in [5.74, 6) is 1.14. The van der Waals surface area contributed by atoms with Gasteiger partial charge in [0.1, 0.15) is 6.61 Å². The van der Waals surface area contributed by atoms with E-state index in [-0.39, 0.29) is 0 Å². The zero-order valence-electron chi connectivity index (χ0n) is 7.62. The molecule has 2 atom stereocenters. The van der Waals surface area contributed by atoms with Gasteiger partial charge in [-0.2, -0.15) is 0 Å². The molecule has 2 aliphatic heterocycles.